The number of hydrogen-bond acceptors (Lipinski definition) is 7. The molecular formula is C25H17ClIN3O7. The lowest BCUT2D eigenvalue weighted by molar-refractivity contribution is -0.384. The summed E-state index contributed by atoms with van der Waals surface area (Å²) in [6.07, 6.45) is 1.32. The highest BCUT2D eigenvalue weighted by Gasteiger charge is 2.37. The Bertz CT molecular complexity index is 1460. The number of anilines is 1. The molecule has 0 atom stereocenters. The summed E-state index contributed by atoms with van der Waals surface area (Å²) < 4.78 is 12.1. The molecule has 0 unspecified atom stereocenters. The average Bonchev–Trinajstić information content (AvgIpc) is 2.86. The van der Waals surface area contributed by atoms with E-state index in [0.29, 0.717) is 25.7 Å². The van der Waals surface area contributed by atoms with Crippen LogP contribution in [0.4, 0.5) is 16.2 Å². The van der Waals surface area contributed by atoms with E-state index in [9.17, 15) is 24.5 Å². The smallest absolute Gasteiger partial charge is 0.335 e. The van der Waals surface area contributed by atoms with Crippen molar-refractivity contribution in [3.8, 4) is 11.5 Å². The van der Waals surface area contributed by atoms with Crippen LogP contribution in [0.3, 0.4) is 0 Å². The first-order valence-corrected chi connectivity index (χ1v) is 12.0. The second kappa shape index (κ2) is 11.0. The van der Waals surface area contributed by atoms with Gasteiger partial charge >= 0.3 is 6.03 Å². The van der Waals surface area contributed by atoms with Crippen LogP contribution in [0.25, 0.3) is 6.08 Å². The van der Waals surface area contributed by atoms with Gasteiger partial charge in [0.25, 0.3) is 17.5 Å². The van der Waals surface area contributed by atoms with Crippen LogP contribution < -0.4 is 19.7 Å². The van der Waals surface area contributed by atoms with Gasteiger partial charge in [-0.05, 0) is 64.6 Å². The van der Waals surface area contributed by atoms with Crippen molar-refractivity contribution < 1.29 is 28.8 Å². The predicted octanol–water partition coefficient (Wildman–Crippen LogP) is 5.11. The quantitative estimate of drug-likeness (QED) is 0.126. The van der Waals surface area contributed by atoms with E-state index in [1.165, 1.54) is 25.3 Å². The molecule has 1 fully saturated rings. The van der Waals surface area contributed by atoms with Gasteiger partial charge in [-0.25, -0.2) is 9.69 Å². The van der Waals surface area contributed by atoms with Gasteiger partial charge in [0.1, 0.15) is 12.2 Å². The van der Waals surface area contributed by atoms with Crippen LogP contribution in [0.1, 0.15) is 11.1 Å². The number of nitro benzene ring substituents is 1. The number of nitrogens with zero attached hydrogens (tertiary/aromatic N) is 2. The summed E-state index contributed by atoms with van der Waals surface area (Å²) in [5, 5.41) is 13.6. The Labute approximate surface area is 229 Å². The molecule has 0 radical (unpaired) electrons. The van der Waals surface area contributed by atoms with Crippen LogP contribution in [-0.4, -0.2) is 29.9 Å². The summed E-state index contributed by atoms with van der Waals surface area (Å²) in [6, 6.07) is 14.4. The number of benzene rings is 3. The predicted molar refractivity (Wildman–Crippen MR) is 144 cm³/mol. The Kier molecular flexibility index (Phi) is 7.74. The molecule has 3 aromatic rings. The number of barbiturate groups is 1. The summed E-state index contributed by atoms with van der Waals surface area (Å²) >= 11 is 8.25. The molecule has 0 spiro atoms. The van der Waals surface area contributed by atoms with Crippen molar-refractivity contribution in [3.63, 3.8) is 0 Å². The molecule has 4 amide bonds. The number of urea groups is 1. The van der Waals surface area contributed by atoms with Crippen LogP contribution in [-0.2, 0) is 16.2 Å². The zero-order chi connectivity index (χ0) is 26.7. The number of non-ortho nitro benzene ring substituents is 1. The fourth-order valence-electron chi connectivity index (χ4n) is 3.51. The van der Waals surface area contributed by atoms with Gasteiger partial charge in [0.05, 0.1) is 21.3 Å². The third kappa shape index (κ3) is 5.57. The van der Waals surface area contributed by atoms with Crippen LogP contribution in [0, 0.1) is 13.7 Å². The molecule has 1 aliphatic heterocycles. The van der Waals surface area contributed by atoms with Gasteiger partial charge < -0.3 is 9.47 Å². The molecule has 3 aromatic carbocycles. The maximum atomic E-state index is 13.1. The van der Waals surface area contributed by atoms with Crippen molar-refractivity contribution in [3.05, 3.63) is 96.1 Å². The Morgan fingerprint density at radius 3 is 2.46 bits per heavy atom. The topological polar surface area (TPSA) is 128 Å². The van der Waals surface area contributed by atoms with Crippen LogP contribution in [0.15, 0.2) is 66.2 Å². The molecule has 1 N–H and O–H groups in total. The summed E-state index contributed by atoms with van der Waals surface area (Å²) in [5.74, 6) is -0.943. The minimum absolute atomic E-state index is 0.0713. The molecule has 188 valence electrons. The second-order valence-electron chi connectivity index (χ2n) is 7.65. The van der Waals surface area contributed by atoms with E-state index < -0.39 is 22.8 Å². The number of nitro groups is 1. The second-order valence-corrected chi connectivity index (χ2v) is 9.21. The highest BCUT2D eigenvalue weighted by atomic mass is 127. The standard InChI is InChI=1S/C25H17ClIN3O7/c1-36-21-12-14(11-20(27)22(21)37-13-15-4-2-3-5-19(15)26)10-18-23(31)28-25(33)29(24(18)32)16-6-8-17(9-7-16)30(34)35/h2-12H,13H2,1H3,(H,28,31,33)/b18-10+. The first-order valence-electron chi connectivity index (χ1n) is 10.6. The number of carbonyl (C=O) groups is 3. The maximum absolute atomic E-state index is 13.1. The molecule has 0 aromatic heterocycles. The molecular weight excluding hydrogens is 617 g/mol. The number of rotatable bonds is 7. The molecule has 37 heavy (non-hydrogen) atoms. The molecule has 0 aliphatic carbocycles. The largest absolute Gasteiger partial charge is 0.493 e. The molecule has 1 heterocycles. The lowest BCUT2D eigenvalue weighted by Crippen LogP contribution is -2.54. The highest BCUT2D eigenvalue weighted by Crippen LogP contribution is 2.36. The maximum Gasteiger partial charge on any atom is 0.335 e. The Hall–Kier alpha value is -3.97. The summed E-state index contributed by atoms with van der Waals surface area (Å²) in [4.78, 5) is 49.1. The van der Waals surface area contributed by atoms with E-state index in [4.69, 9.17) is 21.1 Å². The van der Waals surface area contributed by atoms with Crippen molar-refractivity contribution in [2.24, 2.45) is 0 Å². The monoisotopic (exact) mass is 633 g/mol. The van der Waals surface area contributed by atoms with Crippen molar-refractivity contribution in [1.29, 1.82) is 0 Å². The normalized spacial score (nSPS) is 14.5. The number of halogens is 2. The number of carbonyl (C=O) groups excluding carboxylic acids is 3. The van der Waals surface area contributed by atoms with Crippen molar-refractivity contribution in [1.82, 2.24) is 5.32 Å². The van der Waals surface area contributed by atoms with Gasteiger partial charge in [-0.3, -0.25) is 25.0 Å². The third-order valence-corrected chi connectivity index (χ3v) is 6.48. The number of ether oxygens (including phenoxy) is 2. The summed E-state index contributed by atoms with van der Waals surface area (Å²) in [6.45, 7) is 0.194. The fraction of sp³-hybridized carbons (Fsp3) is 0.0800. The molecule has 0 bridgehead atoms. The first kappa shape index (κ1) is 26.1. The lowest BCUT2D eigenvalue weighted by Gasteiger charge is -2.26. The lowest BCUT2D eigenvalue weighted by atomic mass is 10.1. The Morgan fingerprint density at radius 2 is 1.81 bits per heavy atom. The van der Waals surface area contributed by atoms with E-state index in [0.717, 1.165) is 22.6 Å². The number of hydrogen-bond donors (Lipinski definition) is 1. The van der Waals surface area contributed by atoms with Gasteiger partial charge in [-0.15, -0.1) is 0 Å². The van der Waals surface area contributed by atoms with Gasteiger partial charge in [0.15, 0.2) is 11.5 Å². The molecule has 12 heteroatoms. The van der Waals surface area contributed by atoms with E-state index in [-0.39, 0.29) is 23.6 Å². The van der Waals surface area contributed by atoms with Gasteiger partial charge in [-0.1, -0.05) is 29.8 Å². The highest BCUT2D eigenvalue weighted by molar-refractivity contribution is 14.1. The van der Waals surface area contributed by atoms with Crippen molar-refractivity contribution in [2.45, 2.75) is 6.61 Å². The van der Waals surface area contributed by atoms with Crippen molar-refractivity contribution in [2.75, 3.05) is 12.0 Å². The van der Waals surface area contributed by atoms with E-state index >= 15 is 0 Å². The molecule has 0 saturated carbocycles. The molecule has 4 rings (SSSR count). The minimum Gasteiger partial charge on any atom is -0.493 e. The third-order valence-electron chi connectivity index (χ3n) is 5.31. The summed E-state index contributed by atoms with van der Waals surface area (Å²) in [5.41, 5.74) is 0.790. The first-order chi connectivity index (χ1) is 17.7. The van der Waals surface area contributed by atoms with E-state index in [1.807, 2.05) is 40.8 Å². The molecule has 10 nitrogen and oxygen atoms in total. The summed E-state index contributed by atoms with van der Waals surface area (Å²) in [7, 11) is 1.46. The van der Waals surface area contributed by atoms with Gasteiger partial charge in [0.2, 0.25) is 0 Å². The molecule has 1 saturated heterocycles. The van der Waals surface area contributed by atoms with Crippen LogP contribution >= 0.6 is 34.2 Å². The SMILES string of the molecule is COc1cc(/C=C2\C(=O)NC(=O)N(c3ccc([N+](=O)[O-])cc3)C2=O)cc(I)c1OCc1ccccc1Cl. The van der Waals surface area contributed by atoms with E-state index in [1.54, 1.807) is 18.2 Å². The van der Waals surface area contributed by atoms with Crippen LogP contribution in [0.2, 0.25) is 5.02 Å². The van der Waals surface area contributed by atoms with Gasteiger partial charge in [-0.2, -0.15) is 0 Å². The Morgan fingerprint density at radius 1 is 1.11 bits per heavy atom. The van der Waals surface area contributed by atoms with Crippen LogP contribution in [0.5, 0.6) is 11.5 Å². The average molecular weight is 634 g/mol. The zero-order valence-corrected chi connectivity index (χ0v) is 22.0. The molecule has 1 aliphatic rings. The Balaban J connectivity index is 1.64. The van der Waals surface area contributed by atoms with Gasteiger partial charge in [0, 0.05) is 22.7 Å². The number of amides is 4. The zero-order valence-electron chi connectivity index (χ0n) is 19.1. The number of nitrogens with one attached hydrogen (secondary N) is 1. The fourth-order valence-corrected chi connectivity index (χ4v) is 4.48. The number of methoxy groups -OCH3 is 1. The van der Waals surface area contributed by atoms with Crippen molar-refractivity contribution >= 4 is 69.5 Å². The minimum atomic E-state index is -0.962. The van der Waals surface area contributed by atoms with E-state index in [2.05, 4.69) is 5.32 Å². The number of imide groups is 2.